The van der Waals surface area contributed by atoms with Crippen molar-refractivity contribution in [3.8, 4) is 11.5 Å². The normalized spacial score (nSPS) is 13.1. The quantitative estimate of drug-likeness (QED) is 0.791. The third kappa shape index (κ3) is 2.37. The predicted molar refractivity (Wildman–Crippen MR) is 77.1 cm³/mol. The molecule has 20 heavy (non-hydrogen) atoms. The Kier molecular flexibility index (Phi) is 3.36. The second-order valence-corrected chi connectivity index (χ2v) is 5.08. The molecule has 4 heteroatoms. The second kappa shape index (κ2) is 5.17. The largest absolute Gasteiger partial charge is 0.486 e. The predicted octanol–water partition coefficient (Wildman–Crippen LogP) is 3.65. The van der Waals surface area contributed by atoms with Gasteiger partial charge in [0, 0.05) is 17.2 Å². The van der Waals surface area contributed by atoms with Crippen molar-refractivity contribution in [2.24, 2.45) is 0 Å². The van der Waals surface area contributed by atoms with Gasteiger partial charge in [-0.3, -0.25) is 4.79 Å². The van der Waals surface area contributed by atoms with Gasteiger partial charge in [-0.25, -0.2) is 0 Å². The number of benzene rings is 2. The number of halogens is 1. The van der Waals surface area contributed by atoms with Gasteiger partial charge >= 0.3 is 0 Å². The third-order valence-corrected chi connectivity index (χ3v) is 3.50. The van der Waals surface area contributed by atoms with Crippen LogP contribution in [0.4, 0.5) is 0 Å². The number of rotatable bonds is 2. The first-order valence-corrected chi connectivity index (χ1v) is 6.73. The Hall–Kier alpha value is -2.00. The smallest absolute Gasteiger partial charge is 0.194 e. The van der Waals surface area contributed by atoms with Crippen LogP contribution in [0, 0.1) is 6.92 Å². The van der Waals surface area contributed by atoms with Crippen LogP contribution in [0.1, 0.15) is 21.5 Å². The van der Waals surface area contributed by atoms with Crippen LogP contribution in [0.25, 0.3) is 0 Å². The number of hydrogen-bond donors (Lipinski definition) is 0. The highest BCUT2D eigenvalue weighted by molar-refractivity contribution is 6.35. The van der Waals surface area contributed by atoms with E-state index < -0.39 is 0 Å². The summed E-state index contributed by atoms with van der Waals surface area (Å²) in [5.41, 5.74) is 2.14. The molecule has 0 radical (unpaired) electrons. The van der Waals surface area contributed by atoms with Gasteiger partial charge in [0.15, 0.2) is 17.3 Å². The molecule has 0 atom stereocenters. The van der Waals surface area contributed by atoms with Crippen LogP contribution in [-0.2, 0) is 0 Å². The summed E-state index contributed by atoms with van der Waals surface area (Å²) in [6.07, 6.45) is 0. The van der Waals surface area contributed by atoms with Crippen LogP contribution in [0.5, 0.6) is 11.5 Å². The van der Waals surface area contributed by atoms with Gasteiger partial charge in [0.05, 0.1) is 5.02 Å². The van der Waals surface area contributed by atoms with Crippen LogP contribution >= 0.6 is 11.6 Å². The van der Waals surface area contributed by atoms with Crippen molar-refractivity contribution >= 4 is 17.4 Å². The van der Waals surface area contributed by atoms with Gasteiger partial charge in [-0.1, -0.05) is 41.4 Å². The molecule has 2 aromatic rings. The second-order valence-electron chi connectivity index (χ2n) is 4.67. The standard InChI is InChI=1S/C16H13ClO3/c1-10-2-4-11(5-3-10)16(18)12-8-14-15(9-13(12)17)20-7-6-19-14/h2-5,8-9H,6-7H2,1H3. The summed E-state index contributed by atoms with van der Waals surface area (Å²) in [5.74, 6) is 1.03. The van der Waals surface area contributed by atoms with E-state index in [4.69, 9.17) is 21.1 Å². The van der Waals surface area contributed by atoms with Crippen molar-refractivity contribution in [3.05, 3.63) is 58.1 Å². The van der Waals surface area contributed by atoms with Gasteiger partial charge in [0.2, 0.25) is 0 Å². The number of ether oxygens (including phenoxy) is 2. The Morgan fingerprint density at radius 2 is 1.65 bits per heavy atom. The van der Waals surface area contributed by atoms with Crippen LogP contribution < -0.4 is 9.47 Å². The topological polar surface area (TPSA) is 35.5 Å². The molecular formula is C16H13ClO3. The summed E-state index contributed by atoms with van der Waals surface area (Å²) < 4.78 is 10.9. The Bertz CT molecular complexity index is 662. The molecule has 0 bridgehead atoms. The van der Waals surface area contributed by atoms with E-state index in [0.717, 1.165) is 5.56 Å². The van der Waals surface area contributed by atoms with E-state index in [1.165, 1.54) is 0 Å². The Labute approximate surface area is 122 Å². The van der Waals surface area contributed by atoms with E-state index in [1.54, 1.807) is 24.3 Å². The maximum atomic E-state index is 12.5. The number of fused-ring (bicyclic) bond motifs is 1. The summed E-state index contributed by atoms with van der Waals surface area (Å²) in [7, 11) is 0. The molecule has 0 spiro atoms. The minimum absolute atomic E-state index is 0.119. The molecule has 0 saturated heterocycles. The third-order valence-electron chi connectivity index (χ3n) is 3.19. The van der Waals surface area contributed by atoms with E-state index in [9.17, 15) is 4.79 Å². The maximum absolute atomic E-state index is 12.5. The van der Waals surface area contributed by atoms with Gasteiger partial charge in [0.1, 0.15) is 13.2 Å². The number of carbonyl (C=O) groups is 1. The molecule has 0 N–H and O–H groups in total. The molecule has 2 aromatic carbocycles. The minimum atomic E-state index is -0.119. The molecule has 1 aliphatic heterocycles. The van der Waals surface area contributed by atoms with Crippen molar-refractivity contribution in [1.29, 1.82) is 0 Å². The molecule has 0 fully saturated rings. The van der Waals surface area contributed by atoms with Crippen molar-refractivity contribution in [3.63, 3.8) is 0 Å². The molecule has 1 aliphatic rings. The molecule has 3 nitrogen and oxygen atoms in total. The van der Waals surface area contributed by atoms with E-state index in [-0.39, 0.29) is 5.78 Å². The Morgan fingerprint density at radius 3 is 2.30 bits per heavy atom. The van der Waals surface area contributed by atoms with E-state index in [1.807, 2.05) is 19.1 Å². The molecular weight excluding hydrogens is 276 g/mol. The van der Waals surface area contributed by atoms with E-state index in [0.29, 0.717) is 40.9 Å². The lowest BCUT2D eigenvalue weighted by molar-refractivity contribution is 0.103. The lowest BCUT2D eigenvalue weighted by atomic mass is 10.0. The molecule has 1 heterocycles. The zero-order chi connectivity index (χ0) is 14.1. The van der Waals surface area contributed by atoms with Crippen LogP contribution in [0.2, 0.25) is 5.02 Å². The molecule has 0 aliphatic carbocycles. The maximum Gasteiger partial charge on any atom is 0.194 e. The minimum Gasteiger partial charge on any atom is -0.486 e. The van der Waals surface area contributed by atoms with E-state index in [2.05, 4.69) is 0 Å². The van der Waals surface area contributed by atoms with Gasteiger partial charge < -0.3 is 9.47 Å². The number of hydrogen-bond acceptors (Lipinski definition) is 3. The molecule has 0 amide bonds. The SMILES string of the molecule is Cc1ccc(C(=O)c2cc3c(cc2Cl)OCCO3)cc1. The molecule has 3 rings (SSSR count). The van der Waals surface area contributed by atoms with Gasteiger partial charge in [-0.05, 0) is 13.0 Å². The first kappa shape index (κ1) is 13.0. The van der Waals surface area contributed by atoms with Gasteiger partial charge in [0.25, 0.3) is 0 Å². The zero-order valence-electron chi connectivity index (χ0n) is 11.0. The first-order chi connectivity index (χ1) is 9.65. The fraction of sp³-hybridized carbons (Fsp3) is 0.188. The van der Waals surface area contributed by atoms with Crippen LogP contribution in [0.3, 0.4) is 0 Å². The Balaban J connectivity index is 2.01. The fourth-order valence-corrected chi connectivity index (χ4v) is 2.34. The molecule has 0 saturated carbocycles. The highest BCUT2D eigenvalue weighted by Crippen LogP contribution is 2.36. The summed E-state index contributed by atoms with van der Waals surface area (Å²) in [5, 5.41) is 0.375. The lowest BCUT2D eigenvalue weighted by Crippen LogP contribution is -2.16. The van der Waals surface area contributed by atoms with Gasteiger partial charge in [-0.15, -0.1) is 0 Å². The highest BCUT2D eigenvalue weighted by atomic mass is 35.5. The van der Waals surface area contributed by atoms with Crippen molar-refractivity contribution in [1.82, 2.24) is 0 Å². The fourth-order valence-electron chi connectivity index (χ4n) is 2.10. The van der Waals surface area contributed by atoms with Crippen molar-refractivity contribution < 1.29 is 14.3 Å². The number of ketones is 1. The number of carbonyl (C=O) groups excluding carboxylic acids is 1. The summed E-state index contributed by atoms with van der Waals surface area (Å²) >= 11 is 6.18. The summed E-state index contributed by atoms with van der Waals surface area (Å²) in [4.78, 5) is 12.5. The Morgan fingerprint density at radius 1 is 1.05 bits per heavy atom. The monoisotopic (exact) mass is 288 g/mol. The van der Waals surface area contributed by atoms with E-state index >= 15 is 0 Å². The molecule has 0 aromatic heterocycles. The van der Waals surface area contributed by atoms with Crippen molar-refractivity contribution in [2.75, 3.05) is 13.2 Å². The van der Waals surface area contributed by atoms with Crippen molar-refractivity contribution in [2.45, 2.75) is 6.92 Å². The highest BCUT2D eigenvalue weighted by Gasteiger charge is 2.19. The molecule has 0 unspecified atom stereocenters. The first-order valence-electron chi connectivity index (χ1n) is 6.35. The average molecular weight is 289 g/mol. The van der Waals surface area contributed by atoms with Gasteiger partial charge in [-0.2, -0.15) is 0 Å². The van der Waals surface area contributed by atoms with Crippen LogP contribution in [0.15, 0.2) is 36.4 Å². The average Bonchev–Trinajstić information content (AvgIpc) is 2.46. The lowest BCUT2D eigenvalue weighted by Gasteiger charge is -2.19. The molecule has 102 valence electrons. The zero-order valence-corrected chi connectivity index (χ0v) is 11.7. The number of aryl methyl sites for hydroxylation is 1. The summed E-state index contributed by atoms with van der Waals surface area (Å²) in [6.45, 7) is 2.95. The summed E-state index contributed by atoms with van der Waals surface area (Å²) in [6, 6.07) is 10.7. The van der Waals surface area contributed by atoms with Crippen LogP contribution in [-0.4, -0.2) is 19.0 Å².